The lowest BCUT2D eigenvalue weighted by molar-refractivity contribution is -0.270. The largest absolute Gasteiger partial charge is 0.467 e. The van der Waals surface area contributed by atoms with E-state index in [1.54, 1.807) is 12.1 Å². The van der Waals surface area contributed by atoms with Crippen LogP contribution in [0.5, 0.6) is 0 Å². The first-order chi connectivity index (χ1) is 17.9. The van der Waals surface area contributed by atoms with Crippen LogP contribution in [-0.4, -0.2) is 75.8 Å². The van der Waals surface area contributed by atoms with Gasteiger partial charge in [-0.25, -0.2) is 24.4 Å². The highest BCUT2D eigenvalue weighted by molar-refractivity contribution is 6.03. The summed E-state index contributed by atoms with van der Waals surface area (Å²) in [5.74, 6) is -0.865. The maximum Gasteiger partial charge on any atom is 0.439 e. The molecule has 14 heteroatoms. The van der Waals surface area contributed by atoms with Gasteiger partial charge in [-0.3, -0.25) is 9.68 Å². The summed E-state index contributed by atoms with van der Waals surface area (Å²) in [5, 5.41) is 8.93. The number of methoxy groups -OCH3 is 1. The number of amides is 2. The van der Waals surface area contributed by atoms with E-state index in [1.165, 1.54) is 7.11 Å². The number of nitrogens with zero attached hydrogens (tertiary/aromatic N) is 2. The number of rotatable bonds is 15. The number of hydrogen-bond acceptors (Lipinski definition) is 11. The number of benzene rings is 1. The van der Waals surface area contributed by atoms with Crippen LogP contribution in [0.15, 0.2) is 34.4 Å². The van der Waals surface area contributed by atoms with Gasteiger partial charge in [0.05, 0.1) is 33.0 Å². The van der Waals surface area contributed by atoms with Gasteiger partial charge in [0.1, 0.15) is 18.0 Å². The lowest BCUT2D eigenvalue weighted by Gasteiger charge is -2.17. The van der Waals surface area contributed by atoms with Gasteiger partial charge in [0, 0.05) is 18.5 Å². The highest BCUT2D eigenvalue weighted by atomic mass is 17.2. The molecule has 2 rings (SSSR count). The van der Waals surface area contributed by atoms with Crippen LogP contribution in [0.25, 0.3) is 0 Å². The minimum absolute atomic E-state index is 0.0113. The van der Waals surface area contributed by atoms with Crippen molar-refractivity contribution in [2.75, 3.05) is 34.1 Å². The zero-order valence-corrected chi connectivity index (χ0v) is 21.1. The third kappa shape index (κ3) is 10.4. The summed E-state index contributed by atoms with van der Waals surface area (Å²) in [6.07, 6.45) is 0.495. The molecule has 2 amide bonds. The van der Waals surface area contributed by atoms with E-state index in [2.05, 4.69) is 40.2 Å². The van der Waals surface area contributed by atoms with Gasteiger partial charge in [-0.2, -0.15) is 4.89 Å². The van der Waals surface area contributed by atoms with E-state index in [9.17, 15) is 14.4 Å². The first-order valence-electron chi connectivity index (χ1n) is 11.6. The lowest BCUT2D eigenvalue weighted by atomic mass is 10.0. The molecular weight excluding hydrogens is 490 g/mol. The molecule has 2 atom stereocenters. The van der Waals surface area contributed by atoms with Crippen molar-refractivity contribution in [3.8, 4) is 0 Å². The molecule has 14 nitrogen and oxygen atoms in total. The normalized spacial score (nSPS) is 15.8. The minimum Gasteiger partial charge on any atom is -0.467 e. The van der Waals surface area contributed by atoms with E-state index in [4.69, 9.17) is 15.5 Å². The SMILES string of the molecule is CCCCOOC(=O)N[C@@H](CNC(=O)C[C@H]1CC(c2ccc(C(N)=NCOOC)cc2)=NO1)C(=O)OC. The zero-order valence-electron chi connectivity index (χ0n) is 21.1. The van der Waals surface area contributed by atoms with Gasteiger partial charge in [-0.05, 0) is 12.0 Å². The first kappa shape index (κ1) is 29.5. The molecule has 0 fully saturated rings. The molecule has 1 aliphatic heterocycles. The van der Waals surface area contributed by atoms with Crippen LogP contribution < -0.4 is 16.4 Å². The Morgan fingerprint density at radius 3 is 2.65 bits per heavy atom. The second-order valence-electron chi connectivity index (χ2n) is 7.78. The molecule has 1 aromatic rings. The Balaban J connectivity index is 1.80. The number of hydrogen-bond donors (Lipinski definition) is 3. The number of carbonyl (C=O) groups is 3. The predicted octanol–water partition coefficient (Wildman–Crippen LogP) is 0.926. The molecule has 0 radical (unpaired) electrons. The number of esters is 1. The molecule has 0 aliphatic carbocycles. The van der Waals surface area contributed by atoms with Gasteiger partial charge in [0.2, 0.25) is 5.91 Å². The number of oxime groups is 1. The van der Waals surface area contributed by atoms with E-state index < -0.39 is 30.1 Å². The van der Waals surface area contributed by atoms with E-state index >= 15 is 0 Å². The third-order valence-electron chi connectivity index (χ3n) is 5.06. The van der Waals surface area contributed by atoms with Crippen LogP contribution in [0, 0.1) is 0 Å². The van der Waals surface area contributed by atoms with E-state index in [-0.39, 0.29) is 26.3 Å². The number of unbranched alkanes of at least 4 members (excludes halogenated alkanes) is 1. The van der Waals surface area contributed by atoms with Gasteiger partial charge in [-0.1, -0.05) is 42.8 Å². The van der Waals surface area contributed by atoms with Crippen molar-refractivity contribution in [2.24, 2.45) is 15.9 Å². The number of nitrogens with two attached hydrogens (primary N) is 1. The predicted molar refractivity (Wildman–Crippen MR) is 130 cm³/mol. The Kier molecular flexibility index (Phi) is 12.8. The molecule has 37 heavy (non-hydrogen) atoms. The van der Waals surface area contributed by atoms with Gasteiger partial charge in [0.15, 0.2) is 6.73 Å². The fraction of sp³-hybridized carbons (Fsp3) is 0.522. The molecular formula is C23H33N5O9. The molecule has 4 N–H and O–H groups in total. The fourth-order valence-electron chi connectivity index (χ4n) is 3.08. The first-order valence-corrected chi connectivity index (χ1v) is 11.6. The second kappa shape index (κ2) is 16.1. The molecule has 204 valence electrons. The Bertz CT molecular complexity index is 952. The summed E-state index contributed by atoms with van der Waals surface area (Å²) in [6, 6.07) is 6.03. The molecule has 0 bridgehead atoms. The number of amidine groups is 1. The summed E-state index contributed by atoms with van der Waals surface area (Å²) in [7, 11) is 2.54. The van der Waals surface area contributed by atoms with Crippen molar-refractivity contribution in [1.82, 2.24) is 10.6 Å². The van der Waals surface area contributed by atoms with Crippen LogP contribution in [0.1, 0.15) is 43.7 Å². The van der Waals surface area contributed by atoms with Crippen molar-refractivity contribution in [2.45, 2.75) is 44.8 Å². The maximum atomic E-state index is 12.4. The molecule has 1 aromatic carbocycles. The standard InChI is InChI=1S/C23H33N5O9/c1-4-5-10-34-37-23(31)27-19(22(30)32-2)13-25-20(29)12-17-11-18(28-36-17)15-6-8-16(9-7-15)21(24)26-14-35-33-3/h6-9,17,19H,4-5,10-14H2,1-3H3,(H2,24,26)(H,25,29)(H,27,31)/t17-,19+/m1/s1. The number of aliphatic imine (C=N–C) groups is 1. The zero-order chi connectivity index (χ0) is 27.0. The molecule has 0 saturated carbocycles. The van der Waals surface area contributed by atoms with Gasteiger partial charge in [0.25, 0.3) is 0 Å². The van der Waals surface area contributed by atoms with Crippen LogP contribution >= 0.6 is 0 Å². The number of nitrogens with one attached hydrogen (secondary N) is 2. The molecule has 0 spiro atoms. The van der Waals surface area contributed by atoms with Crippen LogP contribution in [0.3, 0.4) is 0 Å². The molecule has 0 aromatic heterocycles. The molecule has 0 unspecified atom stereocenters. The van der Waals surface area contributed by atoms with Gasteiger partial charge < -0.3 is 25.9 Å². The van der Waals surface area contributed by atoms with Crippen molar-refractivity contribution >= 4 is 29.5 Å². The van der Waals surface area contributed by atoms with Crippen molar-refractivity contribution in [3.63, 3.8) is 0 Å². The highest BCUT2D eigenvalue weighted by Gasteiger charge is 2.27. The lowest BCUT2D eigenvalue weighted by Crippen LogP contribution is -2.49. The maximum absolute atomic E-state index is 12.4. The van der Waals surface area contributed by atoms with E-state index in [0.717, 1.165) is 19.1 Å². The van der Waals surface area contributed by atoms with Gasteiger partial charge in [-0.15, -0.1) is 0 Å². The second-order valence-corrected chi connectivity index (χ2v) is 7.78. The van der Waals surface area contributed by atoms with Crippen molar-refractivity contribution in [1.29, 1.82) is 0 Å². The average Bonchev–Trinajstić information content (AvgIpc) is 3.37. The van der Waals surface area contributed by atoms with Crippen LogP contribution in [0.4, 0.5) is 4.79 Å². The molecule has 0 saturated heterocycles. The third-order valence-corrected chi connectivity index (χ3v) is 5.06. The van der Waals surface area contributed by atoms with Gasteiger partial charge >= 0.3 is 12.1 Å². The Labute approximate surface area is 214 Å². The van der Waals surface area contributed by atoms with E-state index in [0.29, 0.717) is 30.0 Å². The summed E-state index contributed by atoms with van der Waals surface area (Å²) in [4.78, 5) is 64.0. The Morgan fingerprint density at radius 1 is 1.22 bits per heavy atom. The number of ether oxygens (including phenoxy) is 1. The fourth-order valence-corrected chi connectivity index (χ4v) is 3.08. The summed E-state index contributed by atoms with van der Waals surface area (Å²) in [6.45, 7) is 1.94. The monoisotopic (exact) mass is 523 g/mol. The van der Waals surface area contributed by atoms with Crippen LogP contribution in [0.2, 0.25) is 0 Å². The molecule has 1 heterocycles. The summed E-state index contributed by atoms with van der Waals surface area (Å²) in [5.41, 5.74) is 8.08. The summed E-state index contributed by atoms with van der Waals surface area (Å²) < 4.78 is 4.66. The average molecular weight is 524 g/mol. The minimum atomic E-state index is -1.16. The highest BCUT2D eigenvalue weighted by Crippen LogP contribution is 2.19. The van der Waals surface area contributed by atoms with Crippen molar-refractivity contribution in [3.05, 3.63) is 35.4 Å². The smallest absolute Gasteiger partial charge is 0.439 e. The number of carbonyl (C=O) groups excluding carboxylic acids is 3. The topological polar surface area (TPSA) is 181 Å². The van der Waals surface area contributed by atoms with Crippen LogP contribution in [-0.2, 0) is 38.7 Å². The summed E-state index contributed by atoms with van der Waals surface area (Å²) >= 11 is 0. The van der Waals surface area contributed by atoms with Crippen molar-refractivity contribution < 1.29 is 43.5 Å². The Morgan fingerprint density at radius 2 is 1.97 bits per heavy atom. The van der Waals surface area contributed by atoms with E-state index in [1.807, 2.05) is 19.1 Å². The quantitative estimate of drug-likeness (QED) is 0.0747. The molecule has 1 aliphatic rings. The Hall–Kier alpha value is -3.75.